The van der Waals surface area contributed by atoms with Gasteiger partial charge < -0.3 is 0 Å². The molecule has 0 aromatic rings. The third-order valence-electron chi connectivity index (χ3n) is 4.89. The van der Waals surface area contributed by atoms with Crippen molar-refractivity contribution in [3.8, 4) is 0 Å². The summed E-state index contributed by atoms with van der Waals surface area (Å²) in [4.78, 5) is 0. The molecule has 0 radical (unpaired) electrons. The van der Waals surface area contributed by atoms with Crippen LogP contribution in [0.4, 0.5) is 0 Å². The molecule has 2 heteroatoms. The van der Waals surface area contributed by atoms with Crippen LogP contribution in [0, 0.1) is 35.5 Å². The van der Waals surface area contributed by atoms with E-state index >= 15 is 0 Å². The van der Waals surface area contributed by atoms with Gasteiger partial charge in [0.2, 0.25) is 0 Å². The molecule has 0 aromatic heterocycles. The van der Waals surface area contributed by atoms with E-state index < -0.39 is 0 Å². The molecule has 4 aliphatic carbocycles. The third-order valence-corrected chi connectivity index (χ3v) is 7.13. The SMILES string of the molecule is BrC1(Br)C2CC3C4C=CC(C4)C3C21. The Labute approximate surface area is 95.4 Å². The minimum absolute atomic E-state index is 0.347. The highest BCUT2D eigenvalue weighted by Crippen LogP contribution is 2.77. The van der Waals surface area contributed by atoms with Crippen LogP contribution in [0.25, 0.3) is 0 Å². The van der Waals surface area contributed by atoms with Gasteiger partial charge in [0.05, 0.1) is 3.23 Å². The zero-order valence-electron chi connectivity index (χ0n) is 7.29. The molecule has 4 aliphatic rings. The van der Waals surface area contributed by atoms with Gasteiger partial charge in [0, 0.05) is 0 Å². The predicted molar refractivity (Wildman–Crippen MR) is 59.9 cm³/mol. The Morgan fingerprint density at radius 3 is 2.69 bits per heavy atom. The molecule has 0 aromatic carbocycles. The number of fused-ring (bicyclic) bond motifs is 7. The van der Waals surface area contributed by atoms with E-state index in [1.807, 2.05) is 0 Å². The van der Waals surface area contributed by atoms with E-state index in [1.165, 1.54) is 12.8 Å². The number of halogens is 2. The smallest absolute Gasteiger partial charge is 0.0848 e. The van der Waals surface area contributed by atoms with Gasteiger partial charge in [-0.2, -0.15) is 0 Å². The van der Waals surface area contributed by atoms with E-state index in [-0.39, 0.29) is 0 Å². The second-order valence-electron chi connectivity index (χ2n) is 5.23. The molecule has 3 saturated carbocycles. The first kappa shape index (κ1) is 7.92. The summed E-state index contributed by atoms with van der Waals surface area (Å²) in [5.74, 6) is 5.83. The number of hydrogen-bond donors (Lipinski definition) is 0. The van der Waals surface area contributed by atoms with E-state index in [0.717, 1.165) is 35.5 Å². The van der Waals surface area contributed by atoms with Crippen molar-refractivity contribution in [3.63, 3.8) is 0 Å². The Kier molecular flexibility index (Phi) is 1.29. The highest BCUT2D eigenvalue weighted by molar-refractivity contribution is 9.25. The first-order valence-corrected chi connectivity index (χ1v) is 6.84. The molecule has 6 atom stereocenters. The van der Waals surface area contributed by atoms with Crippen molar-refractivity contribution in [2.45, 2.75) is 16.1 Å². The summed E-state index contributed by atoms with van der Waals surface area (Å²) >= 11 is 7.66. The lowest BCUT2D eigenvalue weighted by molar-refractivity contribution is 0.314. The highest BCUT2D eigenvalue weighted by atomic mass is 79.9. The van der Waals surface area contributed by atoms with Gasteiger partial charge in [-0.3, -0.25) is 0 Å². The summed E-state index contributed by atoms with van der Waals surface area (Å²) in [5, 5.41) is 0. The van der Waals surface area contributed by atoms with Crippen LogP contribution in [-0.2, 0) is 0 Å². The van der Waals surface area contributed by atoms with Gasteiger partial charge in [0.25, 0.3) is 0 Å². The van der Waals surface area contributed by atoms with Gasteiger partial charge in [-0.15, -0.1) is 0 Å². The quantitative estimate of drug-likeness (QED) is 0.474. The van der Waals surface area contributed by atoms with Crippen LogP contribution < -0.4 is 0 Å². The summed E-state index contributed by atoms with van der Waals surface area (Å²) < 4.78 is 0.347. The van der Waals surface area contributed by atoms with Crippen LogP contribution in [0.1, 0.15) is 12.8 Å². The molecule has 0 spiro atoms. The molecule has 4 rings (SSSR count). The second kappa shape index (κ2) is 2.11. The maximum atomic E-state index is 3.83. The fraction of sp³-hybridized carbons (Fsp3) is 0.818. The molecule has 0 aliphatic heterocycles. The summed E-state index contributed by atoms with van der Waals surface area (Å²) in [7, 11) is 0. The maximum Gasteiger partial charge on any atom is 0.0871 e. The normalized spacial score (nSPS) is 63.8. The average Bonchev–Trinajstić information content (AvgIpc) is 2.58. The molecule has 0 N–H and O–H groups in total. The second-order valence-corrected chi connectivity index (χ2v) is 8.92. The topological polar surface area (TPSA) is 0 Å². The monoisotopic (exact) mass is 302 g/mol. The molecule has 0 nitrogen and oxygen atoms in total. The summed E-state index contributed by atoms with van der Waals surface area (Å²) in [6.45, 7) is 0. The number of allylic oxidation sites excluding steroid dienone is 2. The van der Waals surface area contributed by atoms with Crippen molar-refractivity contribution in [3.05, 3.63) is 12.2 Å². The van der Waals surface area contributed by atoms with Crippen LogP contribution in [0.2, 0.25) is 0 Å². The van der Waals surface area contributed by atoms with Gasteiger partial charge in [-0.1, -0.05) is 44.0 Å². The average molecular weight is 304 g/mol. The zero-order valence-corrected chi connectivity index (χ0v) is 10.5. The Balaban J connectivity index is 1.74. The minimum atomic E-state index is 0.347. The van der Waals surface area contributed by atoms with E-state index in [9.17, 15) is 0 Å². The molecule has 70 valence electrons. The molecule has 0 heterocycles. The maximum absolute atomic E-state index is 3.83. The fourth-order valence-corrected chi connectivity index (χ4v) is 6.29. The van der Waals surface area contributed by atoms with E-state index in [2.05, 4.69) is 44.0 Å². The lowest BCUT2D eigenvalue weighted by Crippen LogP contribution is -2.21. The van der Waals surface area contributed by atoms with Gasteiger partial charge in [-0.25, -0.2) is 0 Å². The number of rotatable bonds is 0. The van der Waals surface area contributed by atoms with E-state index in [1.54, 1.807) is 0 Å². The molecular weight excluding hydrogens is 292 g/mol. The van der Waals surface area contributed by atoms with Crippen LogP contribution in [0.5, 0.6) is 0 Å². The Morgan fingerprint density at radius 1 is 1.08 bits per heavy atom. The highest BCUT2D eigenvalue weighted by Gasteiger charge is 2.73. The number of hydrogen-bond acceptors (Lipinski definition) is 0. The van der Waals surface area contributed by atoms with Crippen molar-refractivity contribution in [1.29, 1.82) is 0 Å². The first-order chi connectivity index (χ1) is 6.19. The van der Waals surface area contributed by atoms with Gasteiger partial charge in [-0.05, 0) is 48.3 Å². The van der Waals surface area contributed by atoms with Crippen molar-refractivity contribution in [2.24, 2.45) is 35.5 Å². The first-order valence-electron chi connectivity index (χ1n) is 5.25. The van der Waals surface area contributed by atoms with Gasteiger partial charge >= 0.3 is 0 Å². The Morgan fingerprint density at radius 2 is 1.85 bits per heavy atom. The zero-order chi connectivity index (χ0) is 8.79. The molecular formula is C11H12Br2. The number of alkyl halides is 2. The van der Waals surface area contributed by atoms with E-state index in [4.69, 9.17) is 0 Å². The lowest BCUT2D eigenvalue weighted by atomic mass is 9.82. The molecule has 3 fully saturated rings. The fourth-order valence-electron chi connectivity index (χ4n) is 4.37. The Bertz CT molecular complexity index is 307. The van der Waals surface area contributed by atoms with Crippen LogP contribution >= 0.6 is 31.9 Å². The van der Waals surface area contributed by atoms with Crippen LogP contribution in [-0.4, -0.2) is 3.23 Å². The predicted octanol–water partition coefficient (Wildman–Crippen LogP) is 3.56. The van der Waals surface area contributed by atoms with Crippen LogP contribution in [0.3, 0.4) is 0 Å². The summed E-state index contributed by atoms with van der Waals surface area (Å²) in [6.07, 6.45) is 7.91. The van der Waals surface area contributed by atoms with Crippen molar-refractivity contribution >= 4 is 31.9 Å². The van der Waals surface area contributed by atoms with Crippen LogP contribution in [0.15, 0.2) is 12.2 Å². The van der Waals surface area contributed by atoms with Crippen molar-refractivity contribution in [2.75, 3.05) is 0 Å². The lowest BCUT2D eigenvalue weighted by Gasteiger charge is -2.25. The molecule has 0 saturated heterocycles. The molecule has 0 amide bonds. The minimum Gasteiger partial charge on any atom is -0.0848 e. The Hall–Kier alpha value is 0.700. The summed E-state index contributed by atoms with van der Waals surface area (Å²) in [6, 6.07) is 0. The van der Waals surface area contributed by atoms with E-state index in [0.29, 0.717) is 3.23 Å². The van der Waals surface area contributed by atoms with Gasteiger partial charge in [0.15, 0.2) is 0 Å². The standard InChI is InChI=1S/C11H12Br2/c12-11(13)8-4-7-5-1-2-6(3-5)9(7)10(8)11/h1-2,5-10H,3-4H2. The van der Waals surface area contributed by atoms with Gasteiger partial charge in [0.1, 0.15) is 0 Å². The van der Waals surface area contributed by atoms with Crippen molar-refractivity contribution < 1.29 is 0 Å². The molecule has 2 bridgehead atoms. The third kappa shape index (κ3) is 0.761. The van der Waals surface area contributed by atoms with Crippen molar-refractivity contribution in [1.82, 2.24) is 0 Å². The largest absolute Gasteiger partial charge is 0.0871 e. The molecule has 6 unspecified atom stereocenters. The molecule has 13 heavy (non-hydrogen) atoms. The summed E-state index contributed by atoms with van der Waals surface area (Å²) in [5.41, 5.74) is 0.